The zero-order valence-corrected chi connectivity index (χ0v) is 10.0. The summed E-state index contributed by atoms with van der Waals surface area (Å²) in [5.41, 5.74) is 14.4. The van der Waals surface area contributed by atoms with Crippen LogP contribution in [0.1, 0.15) is 6.92 Å². The van der Waals surface area contributed by atoms with Gasteiger partial charge in [0.15, 0.2) is 0 Å². The number of nitrogens with zero attached hydrogens (tertiary/aromatic N) is 2. The molecule has 0 aliphatic heterocycles. The molecule has 1 heterocycles. The Morgan fingerprint density at radius 3 is 2.65 bits per heavy atom. The summed E-state index contributed by atoms with van der Waals surface area (Å²) in [6.45, 7) is 1.33. The summed E-state index contributed by atoms with van der Waals surface area (Å²) in [6.07, 6.45) is 0. The minimum absolute atomic E-state index is 0.0334. The predicted octanol–water partition coefficient (Wildman–Crippen LogP) is -0.138. The lowest BCUT2D eigenvalue weighted by atomic mass is 10.3. The summed E-state index contributed by atoms with van der Waals surface area (Å²) in [6, 6.07) is 6.98. The van der Waals surface area contributed by atoms with Gasteiger partial charge in [-0.25, -0.2) is 9.66 Å². The van der Waals surface area contributed by atoms with Crippen LogP contribution >= 0.6 is 7.44 Å². The fourth-order valence-electron chi connectivity index (χ4n) is 1.52. The van der Waals surface area contributed by atoms with Crippen LogP contribution < -0.4 is 22.0 Å². The number of amides is 1. The third kappa shape index (κ3) is 2.21. The molecule has 0 bridgehead atoms. The van der Waals surface area contributed by atoms with E-state index in [9.17, 15) is 9.36 Å². The van der Waals surface area contributed by atoms with E-state index in [1.807, 2.05) is 0 Å². The summed E-state index contributed by atoms with van der Waals surface area (Å²) in [5.74, 6) is -0.331. The molecule has 1 aromatic carbocycles. The zero-order valence-electron chi connectivity index (χ0n) is 9.12. The SMILES string of the molecule is CC(=O)Nn1c(P(N)(N)=O)nc2ccccc21. The number of fused-ring (bicyclic) bond motifs is 1. The molecule has 90 valence electrons. The third-order valence-electron chi connectivity index (χ3n) is 2.12. The number of nitrogens with two attached hydrogens (primary N) is 2. The smallest absolute Gasteiger partial charge is 0.271 e. The highest BCUT2D eigenvalue weighted by atomic mass is 31.2. The number of benzene rings is 1. The summed E-state index contributed by atoms with van der Waals surface area (Å²) < 4.78 is 13.0. The Morgan fingerprint density at radius 2 is 2.06 bits per heavy atom. The van der Waals surface area contributed by atoms with Gasteiger partial charge >= 0.3 is 0 Å². The summed E-state index contributed by atoms with van der Waals surface area (Å²) >= 11 is 0. The number of para-hydroxylation sites is 2. The maximum atomic E-state index is 11.7. The number of rotatable bonds is 2. The number of imidazole rings is 1. The summed E-state index contributed by atoms with van der Waals surface area (Å²) in [5, 5.41) is 0. The molecule has 0 fully saturated rings. The van der Waals surface area contributed by atoms with Gasteiger partial charge in [0.2, 0.25) is 11.5 Å². The van der Waals surface area contributed by atoms with Gasteiger partial charge in [-0.1, -0.05) is 12.1 Å². The Balaban J connectivity index is 2.74. The van der Waals surface area contributed by atoms with E-state index in [0.717, 1.165) is 0 Å². The topological polar surface area (TPSA) is 116 Å². The molecule has 0 unspecified atom stereocenters. The Kier molecular flexibility index (Phi) is 2.74. The van der Waals surface area contributed by atoms with Crippen molar-refractivity contribution < 1.29 is 9.36 Å². The molecule has 2 rings (SSSR count). The van der Waals surface area contributed by atoms with Crippen molar-refractivity contribution in [2.75, 3.05) is 5.43 Å². The van der Waals surface area contributed by atoms with Gasteiger partial charge in [-0.05, 0) is 12.1 Å². The molecule has 0 saturated carbocycles. The average molecular weight is 253 g/mol. The molecule has 1 aromatic heterocycles. The van der Waals surface area contributed by atoms with Crippen molar-refractivity contribution in [3.05, 3.63) is 24.3 Å². The van der Waals surface area contributed by atoms with Crippen molar-refractivity contribution in [1.82, 2.24) is 9.66 Å². The number of carbonyl (C=O) groups excluding carboxylic acids is 1. The molecule has 1 amide bonds. The van der Waals surface area contributed by atoms with E-state index < -0.39 is 7.44 Å². The zero-order chi connectivity index (χ0) is 12.6. The van der Waals surface area contributed by atoms with Gasteiger partial charge in [0.05, 0.1) is 11.0 Å². The highest BCUT2D eigenvalue weighted by Gasteiger charge is 2.23. The minimum atomic E-state index is -3.55. The monoisotopic (exact) mass is 253 g/mol. The van der Waals surface area contributed by atoms with Gasteiger partial charge in [0, 0.05) is 6.92 Å². The molecule has 8 heteroatoms. The minimum Gasteiger partial charge on any atom is -0.281 e. The van der Waals surface area contributed by atoms with E-state index in [1.54, 1.807) is 24.3 Å². The second kappa shape index (κ2) is 3.96. The second-order valence-electron chi connectivity index (χ2n) is 3.61. The Bertz CT molecular complexity index is 629. The maximum absolute atomic E-state index is 11.7. The summed E-state index contributed by atoms with van der Waals surface area (Å²) in [7, 11) is -3.55. The molecule has 0 atom stereocenters. The van der Waals surface area contributed by atoms with E-state index in [2.05, 4.69) is 10.4 Å². The van der Waals surface area contributed by atoms with Crippen molar-refractivity contribution in [2.24, 2.45) is 11.0 Å². The van der Waals surface area contributed by atoms with Crippen LogP contribution in [0.25, 0.3) is 11.0 Å². The lowest BCUT2D eigenvalue weighted by Crippen LogP contribution is -2.34. The first kappa shape index (κ1) is 11.8. The van der Waals surface area contributed by atoms with Crippen LogP contribution in [-0.2, 0) is 9.36 Å². The predicted molar refractivity (Wildman–Crippen MR) is 65.4 cm³/mol. The standard InChI is InChI=1S/C9H12N5O2P/c1-6(15)13-14-8-5-3-2-4-7(8)12-9(14)17(10,11)16/h2-5H,1H3,(H,13,15)(H4,10,11,16). The normalized spacial score (nSPS) is 11.7. The first-order chi connectivity index (χ1) is 7.89. The van der Waals surface area contributed by atoms with Crippen LogP contribution in [0.3, 0.4) is 0 Å². The number of hydrogen-bond acceptors (Lipinski definition) is 3. The summed E-state index contributed by atoms with van der Waals surface area (Å²) in [4.78, 5) is 15.2. The number of aromatic nitrogens is 2. The van der Waals surface area contributed by atoms with Crippen LogP contribution in [0.15, 0.2) is 24.3 Å². The van der Waals surface area contributed by atoms with Gasteiger partial charge in [0.1, 0.15) is 0 Å². The Hall–Kier alpha value is -1.69. The van der Waals surface area contributed by atoms with Crippen molar-refractivity contribution in [3.63, 3.8) is 0 Å². The molecule has 7 nitrogen and oxygen atoms in total. The van der Waals surface area contributed by atoms with Crippen molar-refractivity contribution in [3.8, 4) is 0 Å². The fraction of sp³-hybridized carbons (Fsp3) is 0.111. The van der Waals surface area contributed by atoms with Gasteiger partial charge in [-0.2, -0.15) is 0 Å². The van der Waals surface area contributed by atoms with Gasteiger partial charge in [-0.15, -0.1) is 0 Å². The molecule has 0 saturated heterocycles. The van der Waals surface area contributed by atoms with E-state index >= 15 is 0 Å². The fourth-order valence-corrected chi connectivity index (χ4v) is 2.25. The molecule has 0 aliphatic carbocycles. The van der Waals surface area contributed by atoms with Crippen LogP contribution in [0.2, 0.25) is 0 Å². The van der Waals surface area contributed by atoms with Crippen molar-refractivity contribution >= 4 is 29.9 Å². The molecule has 0 aliphatic rings. The van der Waals surface area contributed by atoms with E-state index in [0.29, 0.717) is 11.0 Å². The van der Waals surface area contributed by atoms with Gasteiger partial charge in [-0.3, -0.25) is 25.8 Å². The Morgan fingerprint density at radius 1 is 1.41 bits per heavy atom. The van der Waals surface area contributed by atoms with E-state index in [4.69, 9.17) is 11.0 Å². The molecule has 0 radical (unpaired) electrons. The van der Waals surface area contributed by atoms with Crippen molar-refractivity contribution in [1.29, 1.82) is 0 Å². The molecule has 5 N–H and O–H groups in total. The van der Waals surface area contributed by atoms with Crippen molar-refractivity contribution in [2.45, 2.75) is 6.92 Å². The first-order valence-corrected chi connectivity index (χ1v) is 6.67. The third-order valence-corrected chi connectivity index (χ3v) is 3.05. The first-order valence-electron chi connectivity index (χ1n) is 4.82. The molecule has 0 spiro atoms. The Labute approximate surface area is 97.2 Å². The van der Waals surface area contributed by atoms with Gasteiger partial charge < -0.3 is 0 Å². The molecule has 2 aromatic rings. The van der Waals surface area contributed by atoms with E-state index in [-0.39, 0.29) is 11.5 Å². The van der Waals surface area contributed by atoms with E-state index in [1.165, 1.54) is 11.6 Å². The molecular weight excluding hydrogens is 241 g/mol. The van der Waals surface area contributed by atoms with Crippen LogP contribution in [0.4, 0.5) is 0 Å². The number of hydrogen-bond donors (Lipinski definition) is 3. The highest BCUT2D eigenvalue weighted by Crippen LogP contribution is 2.25. The molecular formula is C9H12N5O2P. The van der Waals surface area contributed by atoms with Crippen LogP contribution in [0, 0.1) is 0 Å². The lowest BCUT2D eigenvalue weighted by molar-refractivity contribution is -0.115. The average Bonchev–Trinajstić information content (AvgIpc) is 2.56. The quantitative estimate of drug-likeness (QED) is 0.644. The van der Waals surface area contributed by atoms with Crippen LogP contribution in [0.5, 0.6) is 0 Å². The van der Waals surface area contributed by atoms with Gasteiger partial charge in [0.25, 0.3) is 7.44 Å². The number of carbonyl (C=O) groups is 1. The highest BCUT2D eigenvalue weighted by molar-refractivity contribution is 7.66. The molecule has 17 heavy (non-hydrogen) atoms. The van der Waals surface area contributed by atoms with Crippen LogP contribution in [-0.4, -0.2) is 15.6 Å². The maximum Gasteiger partial charge on any atom is 0.271 e. The second-order valence-corrected chi connectivity index (χ2v) is 5.43. The largest absolute Gasteiger partial charge is 0.281 e. The number of nitrogens with one attached hydrogen (secondary N) is 1. The lowest BCUT2D eigenvalue weighted by Gasteiger charge is -2.10.